The Morgan fingerprint density at radius 1 is 1.55 bits per heavy atom. The Balaban J connectivity index is 2.44. The summed E-state index contributed by atoms with van der Waals surface area (Å²) in [5.74, 6) is 0. The third-order valence-corrected chi connectivity index (χ3v) is 3.14. The lowest BCUT2D eigenvalue weighted by Gasteiger charge is -2.24. The van der Waals surface area contributed by atoms with Gasteiger partial charge in [-0.25, -0.2) is 0 Å². The van der Waals surface area contributed by atoms with Gasteiger partial charge in [0, 0.05) is 0 Å². The first-order chi connectivity index (χ1) is 5.19. The summed E-state index contributed by atoms with van der Waals surface area (Å²) in [5.41, 5.74) is 2.02. The predicted molar refractivity (Wildman–Crippen MR) is 50.6 cm³/mol. The molecule has 0 nitrogen and oxygen atoms in total. The average Bonchev–Trinajstić information content (AvgIpc) is 2.30. The Kier molecular flexibility index (Phi) is 2.75. The van der Waals surface area contributed by atoms with E-state index >= 15 is 0 Å². The van der Waals surface area contributed by atoms with E-state index in [1.54, 1.807) is 0 Å². The van der Waals surface area contributed by atoms with E-state index in [1.165, 1.54) is 44.1 Å². The van der Waals surface area contributed by atoms with Crippen LogP contribution in [0.1, 0.15) is 52.4 Å². The quantitative estimate of drug-likeness (QED) is 0.538. The second-order valence-electron chi connectivity index (χ2n) is 4.12. The zero-order valence-corrected chi connectivity index (χ0v) is 7.95. The molecule has 0 N–H and O–H groups in total. The van der Waals surface area contributed by atoms with Crippen LogP contribution < -0.4 is 0 Å². The standard InChI is InChI=1S/C11H20/c1-4-5-8-11(3)9-6-7-10(11)2/h2,4-9H2,1,3H3. The third-order valence-electron chi connectivity index (χ3n) is 3.14. The number of hydrogen-bond acceptors (Lipinski definition) is 0. The topological polar surface area (TPSA) is 0 Å². The molecule has 64 valence electrons. The molecule has 1 unspecified atom stereocenters. The summed E-state index contributed by atoms with van der Waals surface area (Å²) in [4.78, 5) is 0. The number of allylic oxidation sites excluding steroid dienone is 1. The van der Waals surface area contributed by atoms with Gasteiger partial charge >= 0.3 is 0 Å². The van der Waals surface area contributed by atoms with Gasteiger partial charge in [0.25, 0.3) is 0 Å². The first-order valence-electron chi connectivity index (χ1n) is 4.87. The van der Waals surface area contributed by atoms with Crippen molar-refractivity contribution >= 4 is 0 Å². The summed E-state index contributed by atoms with van der Waals surface area (Å²) >= 11 is 0. The smallest absolute Gasteiger partial charge is 0.0119 e. The van der Waals surface area contributed by atoms with Crippen LogP contribution in [0.3, 0.4) is 0 Å². The predicted octanol–water partition coefficient (Wildman–Crippen LogP) is 3.92. The SMILES string of the molecule is C=C1CCCC1(C)CCCC. The van der Waals surface area contributed by atoms with Crippen molar-refractivity contribution in [3.8, 4) is 0 Å². The Bertz CT molecular complexity index is 146. The fourth-order valence-electron chi connectivity index (χ4n) is 2.04. The first kappa shape index (κ1) is 8.83. The lowest BCUT2D eigenvalue weighted by Crippen LogP contribution is -2.12. The lowest BCUT2D eigenvalue weighted by molar-refractivity contribution is 0.363. The highest BCUT2D eigenvalue weighted by Crippen LogP contribution is 2.45. The summed E-state index contributed by atoms with van der Waals surface area (Å²) in [6.45, 7) is 8.81. The van der Waals surface area contributed by atoms with Crippen LogP contribution in [0, 0.1) is 5.41 Å². The maximum Gasteiger partial charge on any atom is -0.0119 e. The number of rotatable bonds is 3. The normalized spacial score (nSPS) is 31.3. The summed E-state index contributed by atoms with van der Waals surface area (Å²) in [7, 11) is 0. The third kappa shape index (κ3) is 1.85. The first-order valence-corrected chi connectivity index (χ1v) is 4.87. The van der Waals surface area contributed by atoms with Crippen LogP contribution in [0.4, 0.5) is 0 Å². The van der Waals surface area contributed by atoms with E-state index in [9.17, 15) is 0 Å². The van der Waals surface area contributed by atoms with Crippen molar-refractivity contribution in [3.63, 3.8) is 0 Å². The van der Waals surface area contributed by atoms with Crippen LogP contribution in [0.5, 0.6) is 0 Å². The zero-order valence-electron chi connectivity index (χ0n) is 7.95. The van der Waals surface area contributed by atoms with E-state index in [-0.39, 0.29) is 0 Å². The minimum atomic E-state index is 0.510. The highest BCUT2D eigenvalue weighted by Gasteiger charge is 2.30. The second kappa shape index (κ2) is 3.42. The molecule has 1 aliphatic rings. The summed E-state index contributed by atoms with van der Waals surface area (Å²) < 4.78 is 0. The van der Waals surface area contributed by atoms with Crippen molar-refractivity contribution < 1.29 is 0 Å². The molecule has 0 spiro atoms. The molecule has 0 amide bonds. The Morgan fingerprint density at radius 2 is 2.27 bits per heavy atom. The van der Waals surface area contributed by atoms with Gasteiger partial charge in [0.15, 0.2) is 0 Å². The van der Waals surface area contributed by atoms with E-state index < -0.39 is 0 Å². The Morgan fingerprint density at radius 3 is 2.73 bits per heavy atom. The van der Waals surface area contributed by atoms with Gasteiger partial charge in [-0.1, -0.05) is 38.8 Å². The van der Waals surface area contributed by atoms with E-state index in [0.717, 1.165) is 0 Å². The van der Waals surface area contributed by atoms with Crippen molar-refractivity contribution in [1.82, 2.24) is 0 Å². The van der Waals surface area contributed by atoms with Gasteiger partial charge in [-0.3, -0.25) is 0 Å². The summed E-state index contributed by atoms with van der Waals surface area (Å²) in [6.07, 6.45) is 8.09. The van der Waals surface area contributed by atoms with E-state index in [0.29, 0.717) is 5.41 Å². The van der Waals surface area contributed by atoms with E-state index in [4.69, 9.17) is 0 Å². The van der Waals surface area contributed by atoms with E-state index in [2.05, 4.69) is 20.4 Å². The Hall–Kier alpha value is -0.260. The van der Waals surface area contributed by atoms with E-state index in [1.807, 2.05) is 0 Å². The molecule has 0 aromatic carbocycles. The Labute approximate surface area is 70.7 Å². The molecule has 0 saturated heterocycles. The number of hydrogen-bond donors (Lipinski definition) is 0. The average molecular weight is 152 g/mol. The highest BCUT2D eigenvalue weighted by atomic mass is 14.4. The largest absolute Gasteiger partial charge is 0.0993 e. The van der Waals surface area contributed by atoms with Crippen LogP contribution >= 0.6 is 0 Å². The molecule has 0 aromatic heterocycles. The minimum absolute atomic E-state index is 0.510. The molecule has 0 radical (unpaired) electrons. The molecule has 0 bridgehead atoms. The van der Waals surface area contributed by atoms with Gasteiger partial charge in [-0.2, -0.15) is 0 Å². The van der Waals surface area contributed by atoms with Crippen LogP contribution in [0.25, 0.3) is 0 Å². The highest BCUT2D eigenvalue weighted by molar-refractivity contribution is 5.13. The van der Waals surface area contributed by atoms with Crippen molar-refractivity contribution in [1.29, 1.82) is 0 Å². The molecule has 0 aliphatic heterocycles. The summed E-state index contributed by atoms with van der Waals surface area (Å²) in [5, 5.41) is 0. The van der Waals surface area contributed by atoms with Gasteiger partial charge in [-0.15, -0.1) is 0 Å². The summed E-state index contributed by atoms with van der Waals surface area (Å²) in [6, 6.07) is 0. The molecule has 1 rings (SSSR count). The zero-order chi connectivity index (χ0) is 8.32. The lowest BCUT2D eigenvalue weighted by atomic mass is 9.80. The van der Waals surface area contributed by atoms with Crippen molar-refractivity contribution in [2.75, 3.05) is 0 Å². The van der Waals surface area contributed by atoms with Crippen molar-refractivity contribution in [2.45, 2.75) is 52.4 Å². The molecule has 1 fully saturated rings. The molecule has 11 heavy (non-hydrogen) atoms. The monoisotopic (exact) mass is 152 g/mol. The molecule has 0 aromatic rings. The van der Waals surface area contributed by atoms with Crippen molar-refractivity contribution in [2.24, 2.45) is 5.41 Å². The fourth-order valence-corrected chi connectivity index (χ4v) is 2.04. The molecule has 0 heteroatoms. The van der Waals surface area contributed by atoms with Crippen LogP contribution in [-0.2, 0) is 0 Å². The maximum atomic E-state index is 4.16. The number of unbranched alkanes of at least 4 members (excludes halogenated alkanes) is 1. The fraction of sp³-hybridized carbons (Fsp3) is 0.818. The second-order valence-corrected chi connectivity index (χ2v) is 4.12. The van der Waals surface area contributed by atoms with Gasteiger partial charge in [0.05, 0.1) is 0 Å². The molecular formula is C11H20. The molecule has 1 atom stereocenters. The minimum Gasteiger partial charge on any atom is -0.0993 e. The maximum absolute atomic E-state index is 4.16. The molecule has 1 saturated carbocycles. The molecule has 1 aliphatic carbocycles. The molecular weight excluding hydrogens is 132 g/mol. The van der Waals surface area contributed by atoms with Crippen LogP contribution in [0.2, 0.25) is 0 Å². The van der Waals surface area contributed by atoms with Crippen molar-refractivity contribution in [3.05, 3.63) is 12.2 Å². The van der Waals surface area contributed by atoms with Gasteiger partial charge in [0.1, 0.15) is 0 Å². The molecule has 0 heterocycles. The van der Waals surface area contributed by atoms with Gasteiger partial charge < -0.3 is 0 Å². The van der Waals surface area contributed by atoms with Gasteiger partial charge in [0.2, 0.25) is 0 Å². The van der Waals surface area contributed by atoms with Crippen LogP contribution in [-0.4, -0.2) is 0 Å². The van der Waals surface area contributed by atoms with Crippen LogP contribution in [0.15, 0.2) is 12.2 Å². The van der Waals surface area contributed by atoms with Gasteiger partial charge in [-0.05, 0) is 31.1 Å².